The van der Waals surface area contributed by atoms with Crippen molar-refractivity contribution in [3.05, 3.63) is 88.5 Å². The van der Waals surface area contributed by atoms with Gasteiger partial charge in [0.15, 0.2) is 11.5 Å². The highest BCUT2D eigenvalue weighted by Crippen LogP contribution is 2.42. The number of Topliss-reactive ketones (excluding diaryl/α,β-unsaturated/α-hetero) is 1. The maximum Gasteiger partial charge on any atom is 0.295 e. The minimum Gasteiger partial charge on any atom is -0.508 e. The monoisotopic (exact) mass is 545 g/mol. The lowest BCUT2D eigenvalue weighted by Gasteiger charge is -2.26. The minimum absolute atomic E-state index is 0.0349. The van der Waals surface area contributed by atoms with Crippen LogP contribution in [0.25, 0.3) is 5.76 Å². The molecule has 0 aromatic heterocycles. The van der Waals surface area contributed by atoms with E-state index in [2.05, 4.69) is 0 Å². The average molecular weight is 546 g/mol. The van der Waals surface area contributed by atoms with Gasteiger partial charge in [-0.1, -0.05) is 45.0 Å². The van der Waals surface area contributed by atoms with Crippen molar-refractivity contribution in [3.63, 3.8) is 0 Å². The Balaban J connectivity index is 1.82. The van der Waals surface area contributed by atoms with Gasteiger partial charge in [0.1, 0.15) is 17.3 Å². The van der Waals surface area contributed by atoms with Crippen molar-refractivity contribution in [1.29, 1.82) is 0 Å². The first-order valence-electron chi connectivity index (χ1n) is 13.0. The van der Waals surface area contributed by atoms with Crippen molar-refractivity contribution >= 4 is 17.4 Å². The predicted molar refractivity (Wildman–Crippen MR) is 152 cm³/mol. The molecule has 0 spiro atoms. The first-order chi connectivity index (χ1) is 19.0. The van der Waals surface area contributed by atoms with Crippen LogP contribution in [0.2, 0.25) is 0 Å². The van der Waals surface area contributed by atoms with E-state index in [0.717, 1.165) is 11.1 Å². The number of phenols is 1. The van der Waals surface area contributed by atoms with Gasteiger partial charge in [-0.3, -0.25) is 9.59 Å². The molecule has 1 unspecified atom stereocenters. The number of benzene rings is 3. The van der Waals surface area contributed by atoms with Crippen LogP contribution in [-0.2, 0) is 21.4 Å². The molecule has 1 aliphatic heterocycles. The molecule has 40 heavy (non-hydrogen) atoms. The number of nitrogens with zero attached hydrogens (tertiary/aromatic N) is 1. The standard InChI is InChI=1S/C32H35NO7/c1-32(2,3)21-10-14-24(38-4)23(18-21)29(35)27-28(20-8-11-22(34)12-9-20)33(31(37)30(27)36)16-15-19-7-13-25(39-5)26(17-19)40-6/h7-14,17-18,28,34-35H,15-16H2,1-6H3/b29-27+. The number of aromatic hydroxyl groups is 1. The lowest BCUT2D eigenvalue weighted by atomic mass is 9.85. The summed E-state index contributed by atoms with van der Waals surface area (Å²) in [4.78, 5) is 28.4. The number of amides is 1. The van der Waals surface area contributed by atoms with Crippen molar-refractivity contribution in [2.24, 2.45) is 0 Å². The Morgan fingerprint density at radius 3 is 2.08 bits per heavy atom. The highest BCUT2D eigenvalue weighted by Gasteiger charge is 2.46. The van der Waals surface area contributed by atoms with E-state index >= 15 is 0 Å². The summed E-state index contributed by atoms with van der Waals surface area (Å²) in [6, 6.07) is 16.3. The van der Waals surface area contributed by atoms with Gasteiger partial charge < -0.3 is 29.3 Å². The number of rotatable bonds is 8. The summed E-state index contributed by atoms with van der Waals surface area (Å²) >= 11 is 0. The van der Waals surface area contributed by atoms with E-state index in [0.29, 0.717) is 34.8 Å². The van der Waals surface area contributed by atoms with Crippen LogP contribution in [-0.4, -0.2) is 54.7 Å². The Morgan fingerprint density at radius 1 is 0.850 bits per heavy atom. The summed E-state index contributed by atoms with van der Waals surface area (Å²) in [5, 5.41) is 21.5. The van der Waals surface area contributed by atoms with E-state index in [1.165, 1.54) is 24.1 Å². The Labute approximate surface area is 234 Å². The fourth-order valence-corrected chi connectivity index (χ4v) is 4.90. The number of phenolic OH excluding ortho intramolecular Hbond substituents is 1. The van der Waals surface area contributed by atoms with Crippen LogP contribution >= 0.6 is 0 Å². The second kappa shape index (κ2) is 11.3. The van der Waals surface area contributed by atoms with Gasteiger partial charge in [0.2, 0.25) is 0 Å². The zero-order valence-corrected chi connectivity index (χ0v) is 23.6. The van der Waals surface area contributed by atoms with E-state index in [-0.39, 0.29) is 29.0 Å². The molecule has 3 aromatic rings. The fraction of sp³-hybridized carbons (Fsp3) is 0.312. The lowest BCUT2D eigenvalue weighted by molar-refractivity contribution is -0.139. The predicted octanol–water partition coefficient (Wildman–Crippen LogP) is 5.38. The first-order valence-corrected chi connectivity index (χ1v) is 13.0. The highest BCUT2D eigenvalue weighted by molar-refractivity contribution is 6.46. The zero-order valence-electron chi connectivity index (χ0n) is 23.6. The number of hydrogen-bond donors (Lipinski definition) is 2. The maximum absolute atomic E-state index is 13.5. The van der Waals surface area contributed by atoms with Crippen molar-refractivity contribution < 1.29 is 34.0 Å². The van der Waals surface area contributed by atoms with Gasteiger partial charge in [0.25, 0.3) is 11.7 Å². The molecule has 1 atom stereocenters. The van der Waals surface area contributed by atoms with Crippen LogP contribution in [0.15, 0.2) is 66.2 Å². The Bertz CT molecular complexity index is 1450. The van der Waals surface area contributed by atoms with Crippen LogP contribution in [0.4, 0.5) is 0 Å². The minimum atomic E-state index is -0.872. The van der Waals surface area contributed by atoms with Crippen LogP contribution in [0, 0.1) is 0 Å². The number of likely N-dealkylation sites (tertiary alicyclic amines) is 1. The van der Waals surface area contributed by atoms with Crippen LogP contribution in [0.1, 0.15) is 49.1 Å². The smallest absolute Gasteiger partial charge is 0.295 e. The van der Waals surface area contributed by atoms with Crippen LogP contribution in [0.3, 0.4) is 0 Å². The number of ketones is 1. The number of ether oxygens (including phenoxy) is 3. The molecule has 1 fully saturated rings. The Morgan fingerprint density at radius 2 is 1.48 bits per heavy atom. The van der Waals surface area contributed by atoms with Crippen molar-refractivity contribution in [2.75, 3.05) is 27.9 Å². The third-order valence-corrected chi connectivity index (χ3v) is 7.16. The van der Waals surface area contributed by atoms with E-state index in [9.17, 15) is 19.8 Å². The molecule has 0 aliphatic carbocycles. The van der Waals surface area contributed by atoms with E-state index in [1.54, 1.807) is 44.6 Å². The summed E-state index contributed by atoms with van der Waals surface area (Å²) in [5.41, 5.74) is 2.45. The summed E-state index contributed by atoms with van der Waals surface area (Å²) in [6.07, 6.45) is 0.421. The molecule has 1 saturated heterocycles. The van der Waals surface area contributed by atoms with Crippen LogP contribution in [0.5, 0.6) is 23.0 Å². The lowest BCUT2D eigenvalue weighted by Crippen LogP contribution is -2.31. The molecule has 3 aromatic carbocycles. The molecular weight excluding hydrogens is 510 g/mol. The summed E-state index contributed by atoms with van der Waals surface area (Å²) < 4.78 is 16.2. The maximum atomic E-state index is 13.5. The summed E-state index contributed by atoms with van der Waals surface area (Å²) in [7, 11) is 4.59. The zero-order chi connectivity index (χ0) is 29.2. The second-order valence-corrected chi connectivity index (χ2v) is 10.7. The molecule has 1 heterocycles. The number of aliphatic hydroxyl groups excluding tert-OH is 1. The van der Waals surface area contributed by atoms with E-state index in [4.69, 9.17) is 14.2 Å². The summed E-state index contributed by atoms with van der Waals surface area (Å²) in [6.45, 7) is 6.33. The van der Waals surface area contributed by atoms with Gasteiger partial charge in [-0.2, -0.15) is 0 Å². The normalized spacial score (nSPS) is 16.8. The van der Waals surface area contributed by atoms with Crippen molar-refractivity contribution in [3.8, 4) is 23.0 Å². The van der Waals surface area contributed by atoms with Gasteiger partial charge in [0.05, 0.1) is 38.5 Å². The number of carbonyl (C=O) groups is 2. The van der Waals surface area contributed by atoms with Gasteiger partial charge >= 0.3 is 0 Å². The Kier molecular flexibility index (Phi) is 8.09. The van der Waals surface area contributed by atoms with Crippen molar-refractivity contribution in [2.45, 2.75) is 38.6 Å². The van der Waals surface area contributed by atoms with Crippen molar-refractivity contribution in [1.82, 2.24) is 4.90 Å². The molecule has 1 aliphatic rings. The molecular formula is C32H35NO7. The molecule has 8 heteroatoms. The second-order valence-electron chi connectivity index (χ2n) is 10.7. The molecule has 2 N–H and O–H groups in total. The third-order valence-electron chi connectivity index (χ3n) is 7.16. The van der Waals surface area contributed by atoms with Crippen LogP contribution < -0.4 is 14.2 Å². The number of hydrogen-bond acceptors (Lipinski definition) is 7. The van der Waals surface area contributed by atoms with E-state index in [1.807, 2.05) is 39.0 Å². The van der Waals surface area contributed by atoms with Gasteiger partial charge in [0, 0.05) is 6.54 Å². The quantitative estimate of drug-likeness (QED) is 0.222. The molecule has 210 valence electrons. The number of carbonyl (C=O) groups excluding carboxylic acids is 2. The molecule has 0 saturated carbocycles. The fourth-order valence-electron chi connectivity index (χ4n) is 4.90. The third kappa shape index (κ3) is 5.47. The summed E-state index contributed by atoms with van der Waals surface area (Å²) in [5.74, 6) is -0.243. The number of aliphatic hydroxyl groups is 1. The molecule has 8 nitrogen and oxygen atoms in total. The topological polar surface area (TPSA) is 106 Å². The van der Waals surface area contributed by atoms with Gasteiger partial charge in [-0.25, -0.2) is 0 Å². The molecule has 0 radical (unpaired) electrons. The van der Waals surface area contributed by atoms with Gasteiger partial charge in [-0.05, 0) is 64.9 Å². The Hall–Kier alpha value is -4.46. The first kappa shape index (κ1) is 28.5. The average Bonchev–Trinajstić information content (AvgIpc) is 3.20. The van der Waals surface area contributed by atoms with E-state index < -0.39 is 17.7 Å². The largest absolute Gasteiger partial charge is 0.508 e. The number of methoxy groups -OCH3 is 3. The molecule has 0 bridgehead atoms. The molecule has 4 rings (SSSR count). The SMILES string of the molecule is COc1ccc(CCN2C(=O)C(=O)/C(=C(/O)c3cc(C(C)(C)C)ccc3OC)C2c2ccc(O)cc2)cc1OC. The highest BCUT2D eigenvalue weighted by atomic mass is 16.5. The molecule has 1 amide bonds. The van der Waals surface area contributed by atoms with Gasteiger partial charge in [-0.15, -0.1) is 0 Å².